The molecule has 0 aliphatic carbocycles. The van der Waals surface area contributed by atoms with Crippen LogP contribution in [0.2, 0.25) is 0 Å². The molecule has 0 amide bonds. The topological polar surface area (TPSA) is 143 Å². The van der Waals surface area contributed by atoms with Crippen molar-refractivity contribution in [2.75, 3.05) is 85.5 Å². The Labute approximate surface area is 172 Å². The van der Waals surface area contributed by atoms with E-state index in [0.29, 0.717) is 52.4 Å². The monoisotopic (exact) mass is 417 g/mol. The number of carboxylic acids is 2. The Bertz CT molecular complexity index is 475. The molecule has 1 fully saturated rings. The van der Waals surface area contributed by atoms with E-state index in [4.69, 9.17) is 4.74 Å². The van der Waals surface area contributed by atoms with Gasteiger partial charge in [0.2, 0.25) is 0 Å². The predicted octanol–water partition coefficient (Wildman–Crippen LogP) is -4.78. The Kier molecular flexibility index (Phi) is 14.4. The first kappa shape index (κ1) is 27.4. The third-order valence-electron chi connectivity index (χ3n) is 4.44. The van der Waals surface area contributed by atoms with Crippen LogP contribution in [0.15, 0.2) is 0 Å². The van der Waals surface area contributed by atoms with E-state index < -0.39 is 18.7 Å². The fraction of sp³-hybridized carbons (Fsp3) is 0.833. The molecule has 1 aliphatic rings. The molecule has 0 spiro atoms. The highest BCUT2D eigenvalue weighted by atomic mass is 16.6. The van der Waals surface area contributed by atoms with E-state index in [2.05, 4.69) is 0 Å². The van der Waals surface area contributed by atoms with Gasteiger partial charge in [0.05, 0.1) is 25.2 Å². The average Bonchev–Trinajstić information content (AvgIpc) is 2.59. The number of carboxylic acid groups (broad SMARTS) is 2. The summed E-state index contributed by atoms with van der Waals surface area (Å²) < 4.78 is 4.92. The van der Waals surface area contributed by atoms with Gasteiger partial charge < -0.3 is 29.6 Å². The minimum Gasteiger partial charge on any atom is -0.834 e. The first-order chi connectivity index (χ1) is 13.3. The average molecular weight is 417 g/mol. The highest BCUT2D eigenvalue weighted by Crippen LogP contribution is 2.01. The predicted molar refractivity (Wildman–Crippen MR) is 99.1 cm³/mol. The summed E-state index contributed by atoms with van der Waals surface area (Å²) in [7, 11) is 0. The summed E-state index contributed by atoms with van der Waals surface area (Å²) in [5, 5.41) is 32.7. The molecule has 1 aliphatic heterocycles. The van der Waals surface area contributed by atoms with Gasteiger partial charge in [-0.1, -0.05) is 7.43 Å². The Morgan fingerprint density at radius 3 is 1.38 bits per heavy atom. The summed E-state index contributed by atoms with van der Waals surface area (Å²) in [5.74, 6) is -2.40. The molecule has 1 heterocycles. The van der Waals surface area contributed by atoms with Crippen molar-refractivity contribution in [3.63, 3.8) is 0 Å². The Morgan fingerprint density at radius 1 is 0.724 bits per heavy atom. The van der Waals surface area contributed by atoms with E-state index in [9.17, 15) is 29.7 Å². The van der Waals surface area contributed by atoms with E-state index in [1.165, 1.54) is 6.92 Å². The standard InChI is InChI=1S/C17H31N4O7.CH4/c1-15(23)10-18-2-4-19(11-16(24)25)6-8-21(13-28-14-22)9-7-20(5-3-18)12-17(26)27;/h2-14H2,1H3,(H,24,25)(H,26,27);1H4/q-1;/p-2. The number of Topliss-reactive ketones (excluding diaryl/α,β-unsaturated/α-hetero) is 1. The molecule has 1 rings (SSSR count). The maximum Gasteiger partial charge on any atom is 0.143 e. The van der Waals surface area contributed by atoms with E-state index in [1.807, 2.05) is 9.80 Å². The van der Waals surface area contributed by atoms with Crippen LogP contribution < -0.4 is 15.3 Å². The SMILES string of the molecule is C.CC(=O)CN1CCN(CC(=O)[O-])CCN(COC[O-])CCN(CC(=O)[O-])CC1. The summed E-state index contributed by atoms with van der Waals surface area (Å²) in [6.07, 6.45) is 0. The normalized spacial score (nSPS) is 19.0. The zero-order chi connectivity index (χ0) is 20.9. The molecule has 1 saturated heterocycles. The second-order valence-corrected chi connectivity index (χ2v) is 6.84. The summed E-state index contributed by atoms with van der Waals surface area (Å²) in [4.78, 5) is 40.7. The minimum atomic E-state index is -1.19. The van der Waals surface area contributed by atoms with Crippen LogP contribution in [0.5, 0.6) is 0 Å². The van der Waals surface area contributed by atoms with Crippen LogP contribution in [0.4, 0.5) is 0 Å². The zero-order valence-corrected chi connectivity index (χ0v) is 16.3. The summed E-state index contributed by atoms with van der Waals surface area (Å²) in [6, 6.07) is 0. The van der Waals surface area contributed by atoms with Gasteiger partial charge in [-0.15, -0.1) is 0 Å². The lowest BCUT2D eigenvalue weighted by Gasteiger charge is -2.34. The molecular formula is C18H33N4O7-3. The van der Waals surface area contributed by atoms with Crippen LogP contribution >= 0.6 is 0 Å². The van der Waals surface area contributed by atoms with Crippen LogP contribution in [-0.2, 0) is 19.1 Å². The lowest BCUT2D eigenvalue weighted by molar-refractivity contribution is -0.434. The van der Waals surface area contributed by atoms with Crippen LogP contribution in [0.3, 0.4) is 0 Å². The molecule has 11 heteroatoms. The Morgan fingerprint density at radius 2 is 1.07 bits per heavy atom. The van der Waals surface area contributed by atoms with Crippen LogP contribution in [-0.4, -0.2) is 123 Å². The number of carbonyl (C=O) groups is 3. The highest BCUT2D eigenvalue weighted by molar-refractivity contribution is 5.77. The largest absolute Gasteiger partial charge is 0.834 e. The summed E-state index contributed by atoms with van der Waals surface area (Å²) in [6.45, 7) is 4.06. The second kappa shape index (κ2) is 15.2. The van der Waals surface area contributed by atoms with Crippen molar-refractivity contribution in [2.45, 2.75) is 14.4 Å². The van der Waals surface area contributed by atoms with Crippen LogP contribution in [0.1, 0.15) is 14.4 Å². The maximum absolute atomic E-state index is 11.5. The highest BCUT2D eigenvalue weighted by Gasteiger charge is 2.17. The van der Waals surface area contributed by atoms with Gasteiger partial charge in [-0.2, -0.15) is 0 Å². The molecule has 0 N–H and O–H groups in total. The molecular weight excluding hydrogens is 384 g/mol. The number of nitrogens with zero attached hydrogens (tertiary/aromatic N) is 4. The van der Waals surface area contributed by atoms with Gasteiger partial charge in [0, 0.05) is 65.4 Å². The van der Waals surface area contributed by atoms with Crippen molar-refractivity contribution in [3.05, 3.63) is 0 Å². The molecule has 0 bridgehead atoms. The van der Waals surface area contributed by atoms with Gasteiger partial charge in [0.15, 0.2) is 0 Å². The van der Waals surface area contributed by atoms with Gasteiger partial charge in [0.1, 0.15) is 5.78 Å². The van der Waals surface area contributed by atoms with Crippen molar-refractivity contribution in [2.24, 2.45) is 0 Å². The number of carbonyl (C=O) groups excluding carboxylic acids is 3. The van der Waals surface area contributed by atoms with Gasteiger partial charge in [-0.25, -0.2) is 0 Å². The number of hydrogen-bond donors (Lipinski definition) is 0. The number of ketones is 1. The quantitative estimate of drug-likeness (QED) is 0.334. The van der Waals surface area contributed by atoms with Crippen LogP contribution in [0, 0.1) is 0 Å². The number of rotatable bonds is 9. The molecule has 0 unspecified atom stereocenters. The molecule has 0 atom stereocenters. The molecule has 170 valence electrons. The first-order valence-electron chi connectivity index (χ1n) is 9.24. The van der Waals surface area contributed by atoms with Gasteiger partial charge in [-0.3, -0.25) is 24.4 Å². The lowest BCUT2D eigenvalue weighted by Crippen LogP contribution is -2.50. The van der Waals surface area contributed by atoms with Gasteiger partial charge in [-0.05, 0) is 13.7 Å². The van der Waals surface area contributed by atoms with Crippen molar-refractivity contribution in [1.29, 1.82) is 0 Å². The Hall–Kier alpha value is -1.63. The smallest absolute Gasteiger partial charge is 0.143 e. The van der Waals surface area contributed by atoms with Crippen LogP contribution in [0.25, 0.3) is 0 Å². The van der Waals surface area contributed by atoms with E-state index in [-0.39, 0.29) is 39.6 Å². The molecule has 0 aromatic rings. The maximum atomic E-state index is 11.5. The van der Waals surface area contributed by atoms with Crippen molar-refractivity contribution in [3.8, 4) is 0 Å². The summed E-state index contributed by atoms with van der Waals surface area (Å²) >= 11 is 0. The number of hydrogen-bond acceptors (Lipinski definition) is 11. The second-order valence-electron chi connectivity index (χ2n) is 6.84. The third-order valence-corrected chi connectivity index (χ3v) is 4.44. The summed E-state index contributed by atoms with van der Waals surface area (Å²) in [5.41, 5.74) is 0. The molecule has 0 radical (unpaired) electrons. The third kappa shape index (κ3) is 13.3. The molecule has 0 aromatic carbocycles. The van der Waals surface area contributed by atoms with Gasteiger partial charge >= 0.3 is 0 Å². The molecule has 11 nitrogen and oxygen atoms in total. The zero-order valence-electron chi connectivity index (χ0n) is 16.3. The first-order valence-corrected chi connectivity index (χ1v) is 9.24. The number of aliphatic carboxylic acids is 2. The lowest BCUT2D eigenvalue weighted by atomic mass is 10.3. The van der Waals surface area contributed by atoms with E-state index in [0.717, 1.165) is 0 Å². The fourth-order valence-corrected chi connectivity index (χ4v) is 3.03. The minimum absolute atomic E-state index is 0. The van der Waals surface area contributed by atoms with E-state index in [1.54, 1.807) is 9.80 Å². The van der Waals surface area contributed by atoms with Crippen molar-refractivity contribution < 1.29 is 34.4 Å². The van der Waals surface area contributed by atoms with Crippen molar-refractivity contribution >= 4 is 17.7 Å². The molecule has 29 heavy (non-hydrogen) atoms. The Balaban J connectivity index is 0.00000784. The van der Waals surface area contributed by atoms with Crippen molar-refractivity contribution in [1.82, 2.24) is 19.6 Å². The molecule has 0 aromatic heterocycles. The van der Waals surface area contributed by atoms with E-state index >= 15 is 0 Å². The van der Waals surface area contributed by atoms with Gasteiger partial charge in [0.25, 0.3) is 0 Å². The number of ether oxygens (including phenoxy) is 1. The fourth-order valence-electron chi connectivity index (χ4n) is 3.03. The molecule has 0 saturated carbocycles.